The molecule has 0 unspecified atom stereocenters. The van der Waals surface area contributed by atoms with Gasteiger partial charge in [0.25, 0.3) is 5.56 Å². The fourth-order valence-electron chi connectivity index (χ4n) is 3.96. The third-order valence-corrected chi connectivity index (χ3v) is 7.04. The summed E-state index contributed by atoms with van der Waals surface area (Å²) in [7, 11) is 0. The van der Waals surface area contributed by atoms with Gasteiger partial charge in [0.1, 0.15) is 0 Å². The fraction of sp³-hybridized carbons (Fsp3) is 0.591. The topological polar surface area (TPSA) is 64.0 Å². The van der Waals surface area contributed by atoms with E-state index in [1.807, 2.05) is 39.0 Å². The minimum absolute atomic E-state index is 0.0219. The van der Waals surface area contributed by atoms with Gasteiger partial charge >= 0.3 is 0 Å². The number of rotatable bonds is 5. The molecule has 1 fully saturated rings. The van der Waals surface area contributed by atoms with Gasteiger partial charge in [0.2, 0.25) is 5.91 Å². The van der Waals surface area contributed by atoms with Crippen LogP contribution < -0.4 is 10.9 Å². The number of hydrogen-bond donors (Lipinski definition) is 1. The van der Waals surface area contributed by atoms with E-state index < -0.39 is 0 Å². The van der Waals surface area contributed by atoms with E-state index >= 15 is 0 Å². The minimum atomic E-state index is -0.317. The molecule has 0 bridgehead atoms. The largest absolute Gasteiger partial charge is 0.352 e. The second kappa shape index (κ2) is 8.68. The van der Waals surface area contributed by atoms with Gasteiger partial charge in [0.05, 0.1) is 16.2 Å². The van der Waals surface area contributed by atoms with Crippen LogP contribution in [0.5, 0.6) is 0 Å². The molecule has 4 atom stereocenters. The molecule has 6 heteroatoms. The van der Waals surface area contributed by atoms with Gasteiger partial charge in [0.15, 0.2) is 5.16 Å². The molecule has 0 spiro atoms. The maximum atomic E-state index is 12.9. The smallest absolute Gasteiger partial charge is 0.262 e. The van der Waals surface area contributed by atoms with Crippen molar-refractivity contribution in [2.45, 2.75) is 76.4 Å². The lowest BCUT2D eigenvalue weighted by molar-refractivity contribution is -0.121. The first-order valence-corrected chi connectivity index (χ1v) is 11.2. The number of amides is 1. The highest BCUT2D eigenvalue weighted by atomic mass is 32.2. The highest BCUT2D eigenvalue weighted by molar-refractivity contribution is 8.00. The number of carbonyl (C=O) groups excluding carboxylic acids is 1. The molecule has 1 aliphatic rings. The zero-order valence-electron chi connectivity index (χ0n) is 17.4. The monoisotopic (exact) mass is 401 g/mol. The fourth-order valence-corrected chi connectivity index (χ4v) is 5.01. The lowest BCUT2D eigenvalue weighted by atomic mass is 9.78. The summed E-state index contributed by atoms with van der Waals surface area (Å²) in [5, 5.41) is 4.14. The van der Waals surface area contributed by atoms with Crippen LogP contribution in [-0.4, -0.2) is 26.8 Å². The predicted molar refractivity (Wildman–Crippen MR) is 116 cm³/mol. The standard InChI is InChI=1S/C22H31N3O2S/c1-13(2)25-21(27)17-10-6-7-11-19(17)24-22(25)28-16(5)20(26)23-18-12-8-9-14(3)15(18)4/h6-7,10-11,13-16,18H,8-9,12H2,1-5H3,(H,23,26)/t14-,15-,16-,18-/m1/s1. The van der Waals surface area contributed by atoms with Crippen LogP contribution in [0.4, 0.5) is 0 Å². The van der Waals surface area contributed by atoms with Gasteiger partial charge < -0.3 is 5.32 Å². The first kappa shape index (κ1) is 20.9. The summed E-state index contributed by atoms with van der Waals surface area (Å²) in [5.74, 6) is 1.14. The molecule has 1 amide bonds. The van der Waals surface area contributed by atoms with E-state index in [0.717, 1.165) is 12.8 Å². The van der Waals surface area contributed by atoms with Crippen molar-refractivity contribution in [1.29, 1.82) is 0 Å². The lowest BCUT2D eigenvalue weighted by Gasteiger charge is -2.35. The maximum Gasteiger partial charge on any atom is 0.262 e. The van der Waals surface area contributed by atoms with Crippen LogP contribution in [0.3, 0.4) is 0 Å². The summed E-state index contributed by atoms with van der Waals surface area (Å²) in [6.07, 6.45) is 3.44. The van der Waals surface area contributed by atoms with Crippen LogP contribution in [0.1, 0.15) is 59.9 Å². The molecule has 1 aromatic heterocycles. The normalized spacial score (nSPS) is 23.7. The Hall–Kier alpha value is -1.82. The molecule has 28 heavy (non-hydrogen) atoms. The van der Waals surface area contributed by atoms with E-state index in [2.05, 4.69) is 19.2 Å². The highest BCUT2D eigenvalue weighted by Gasteiger charge is 2.30. The number of nitrogens with zero attached hydrogens (tertiary/aromatic N) is 2. The predicted octanol–water partition coefficient (Wildman–Crippen LogP) is 4.40. The van der Waals surface area contributed by atoms with Crippen molar-refractivity contribution >= 4 is 28.6 Å². The Morgan fingerprint density at radius 1 is 1.21 bits per heavy atom. The molecule has 152 valence electrons. The SMILES string of the molecule is CC(C)n1c(S[C@H](C)C(=O)N[C@@H]2CCC[C@@H](C)[C@H]2C)nc2ccccc2c1=O. The average molecular weight is 402 g/mol. The van der Waals surface area contributed by atoms with Crippen molar-refractivity contribution in [3.63, 3.8) is 0 Å². The van der Waals surface area contributed by atoms with E-state index in [4.69, 9.17) is 4.98 Å². The molecule has 1 aromatic carbocycles. The number of nitrogens with one attached hydrogen (secondary N) is 1. The molecule has 5 nitrogen and oxygen atoms in total. The van der Waals surface area contributed by atoms with Crippen molar-refractivity contribution in [1.82, 2.24) is 14.9 Å². The van der Waals surface area contributed by atoms with Gasteiger partial charge in [-0.1, -0.05) is 50.6 Å². The molecule has 1 heterocycles. The summed E-state index contributed by atoms with van der Waals surface area (Å²) >= 11 is 1.37. The van der Waals surface area contributed by atoms with Crippen LogP contribution in [0.2, 0.25) is 0 Å². The Morgan fingerprint density at radius 3 is 2.64 bits per heavy atom. The lowest BCUT2D eigenvalue weighted by Crippen LogP contribution is -2.46. The second-order valence-electron chi connectivity index (χ2n) is 8.32. The summed E-state index contributed by atoms with van der Waals surface area (Å²) in [5.41, 5.74) is 0.625. The molecule has 0 saturated heterocycles. The number of benzene rings is 1. The summed E-state index contributed by atoms with van der Waals surface area (Å²) in [6.45, 7) is 10.3. The second-order valence-corrected chi connectivity index (χ2v) is 9.63. The van der Waals surface area contributed by atoms with Crippen molar-refractivity contribution < 1.29 is 4.79 Å². The molecule has 1 aliphatic carbocycles. The van der Waals surface area contributed by atoms with E-state index in [1.54, 1.807) is 10.6 Å². The Kier molecular flexibility index (Phi) is 6.48. The summed E-state index contributed by atoms with van der Waals surface area (Å²) < 4.78 is 1.70. The van der Waals surface area contributed by atoms with E-state index in [0.29, 0.717) is 27.9 Å². The Labute approximate surface area is 171 Å². The van der Waals surface area contributed by atoms with Crippen molar-refractivity contribution in [3.8, 4) is 0 Å². The molecular formula is C22H31N3O2S. The van der Waals surface area contributed by atoms with Crippen LogP contribution in [0.15, 0.2) is 34.2 Å². The molecular weight excluding hydrogens is 370 g/mol. The van der Waals surface area contributed by atoms with Crippen LogP contribution in [0, 0.1) is 11.8 Å². The molecule has 0 aliphatic heterocycles. The molecule has 1 N–H and O–H groups in total. The Bertz CT molecular complexity index is 908. The van der Waals surface area contributed by atoms with Gasteiger partial charge in [-0.15, -0.1) is 0 Å². The quantitative estimate of drug-likeness (QED) is 0.596. The zero-order chi connectivity index (χ0) is 20.4. The van der Waals surface area contributed by atoms with Crippen molar-refractivity contribution in [2.75, 3.05) is 0 Å². The van der Waals surface area contributed by atoms with Gasteiger partial charge in [-0.05, 0) is 51.2 Å². The van der Waals surface area contributed by atoms with Crippen molar-refractivity contribution in [2.24, 2.45) is 11.8 Å². The van der Waals surface area contributed by atoms with E-state index in [9.17, 15) is 9.59 Å². The van der Waals surface area contributed by atoms with Gasteiger partial charge in [-0.3, -0.25) is 14.2 Å². The summed E-state index contributed by atoms with van der Waals surface area (Å²) in [6, 6.07) is 7.59. The first-order chi connectivity index (χ1) is 13.3. The minimum Gasteiger partial charge on any atom is -0.352 e. The molecule has 2 aromatic rings. The first-order valence-electron chi connectivity index (χ1n) is 10.3. The zero-order valence-corrected chi connectivity index (χ0v) is 18.3. The van der Waals surface area contributed by atoms with Gasteiger partial charge in [0, 0.05) is 12.1 Å². The summed E-state index contributed by atoms with van der Waals surface area (Å²) in [4.78, 5) is 30.5. The van der Waals surface area contributed by atoms with Gasteiger partial charge in [-0.2, -0.15) is 0 Å². The highest BCUT2D eigenvalue weighted by Crippen LogP contribution is 2.30. The number of thioether (sulfide) groups is 1. The number of carbonyl (C=O) groups is 1. The van der Waals surface area contributed by atoms with E-state index in [-0.39, 0.29) is 28.8 Å². The average Bonchev–Trinajstić information content (AvgIpc) is 2.65. The van der Waals surface area contributed by atoms with Crippen molar-refractivity contribution in [3.05, 3.63) is 34.6 Å². The third kappa shape index (κ3) is 4.27. The van der Waals surface area contributed by atoms with Crippen LogP contribution in [0.25, 0.3) is 10.9 Å². The maximum absolute atomic E-state index is 12.9. The third-order valence-electron chi connectivity index (χ3n) is 5.98. The number of aromatic nitrogens is 2. The molecule has 1 saturated carbocycles. The Morgan fingerprint density at radius 2 is 1.93 bits per heavy atom. The number of fused-ring (bicyclic) bond motifs is 1. The Balaban J connectivity index is 1.82. The number of para-hydroxylation sites is 1. The molecule has 3 rings (SSSR count). The van der Waals surface area contributed by atoms with E-state index in [1.165, 1.54) is 18.2 Å². The van der Waals surface area contributed by atoms with Crippen LogP contribution >= 0.6 is 11.8 Å². The van der Waals surface area contributed by atoms with Crippen LogP contribution in [-0.2, 0) is 4.79 Å². The number of hydrogen-bond acceptors (Lipinski definition) is 4. The van der Waals surface area contributed by atoms with Gasteiger partial charge in [-0.25, -0.2) is 4.98 Å². The molecule has 0 radical (unpaired) electrons.